The average Bonchev–Trinajstić information content (AvgIpc) is 2.82. The van der Waals surface area contributed by atoms with E-state index in [-0.39, 0.29) is 5.56 Å². The van der Waals surface area contributed by atoms with Crippen molar-refractivity contribution in [3.05, 3.63) is 79.7 Å². The van der Waals surface area contributed by atoms with E-state index in [0.29, 0.717) is 20.5 Å². The Kier molecular flexibility index (Phi) is 4.63. The van der Waals surface area contributed by atoms with Crippen molar-refractivity contribution in [1.29, 1.82) is 0 Å². The maximum absolute atomic E-state index is 12.4. The van der Waals surface area contributed by atoms with Gasteiger partial charge in [-0.15, -0.1) is 0 Å². The molecule has 0 aliphatic rings. The first-order chi connectivity index (χ1) is 11.4. The zero-order valence-corrected chi connectivity index (χ0v) is 15.4. The fourth-order valence-electron chi connectivity index (χ4n) is 2.68. The number of H-pyrrole nitrogens is 1. The lowest BCUT2D eigenvalue weighted by Crippen LogP contribution is -2.19. The van der Waals surface area contributed by atoms with Crippen LogP contribution in [0.15, 0.2) is 47.3 Å². The highest BCUT2D eigenvalue weighted by molar-refractivity contribution is 7.81. The zero-order valence-electron chi connectivity index (χ0n) is 13.1. The highest BCUT2D eigenvalue weighted by Gasteiger charge is 2.18. The number of thiocarbonyl (C=S) groups is 1. The van der Waals surface area contributed by atoms with Gasteiger partial charge >= 0.3 is 0 Å². The van der Waals surface area contributed by atoms with E-state index in [1.54, 1.807) is 19.2 Å². The molecule has 2 aromatic carbocycles. The van der Waals surface area contributed by atoms with Crippen molar-refractivity contribution in [2.75, 3.05) is 0 Å². The van der Waals surface area contributed by atoms with E-state index in [4.69, 9.17) is 35.4 Å². The predicted octanol–water partition coefficient (Wildman–Crippen LogP) is 4.76. The molecule has 3 aromatic rings. The van der Waals surface area contributed by atoms with Crippen LogP contribution in [0.3, 0.4) is 0 Å². The number of aryl methyl sites for hydroxylation is 2. The number of nitrogens with zero attached hydrogens (tertiary/aromatic N) is 1. The Morgan fingerprint density at radius 1 is 1.12 bits per heavy atom. The molecule has 0 aliphatic heterocycles. The fraction of sp³-hybridized carbons (Fsp3) is 0.111. The summed E-state index contributed by atoms with van der Waals surface area (Å²) in [6, 6.07) is 13.1. The normalized spacial score (nSPS) is 10.8. The Balaban J connectivity index is 2.18. The van der Waals surface area contributed by atoms with Gasteiger partial charge in [0, 0.05) is 18.3 Å². The van der Waals surface area contributed by atoms with Crippen LogP contribution < -0.4 is 5.56 Å². The van der Waals surface area contributed by atoms with Crippen LogP contribution in [0.2, 0.25) is 10.0 Å². The molecule has 0 bridgehead atoms. The van der Waals surface area contributed by atoms with Crippen molar-refractivity contribution in [3.63, 3.8) is 0 Å². The summed E-state index contributed by atoms with van der Waals surface area (Å²) in [5.74, 6) is 0. The first-order valence-corrected chi connectivity index (χ1v) is 8.41. The minimum atomic E-state index is -0.138. The second-order valence-electron chi connectivity index (χ2n) is 5.48. The van der Waals surface area contributed by atoms with Gasteiger partial charge in [0.2, 0.25) is 0 Å². The first-order valence-electron chi connectivity index (χ1n) is 7.25. The van der Waals surface area contributed by atoms with Gasteiger partial charge in [0.1, 0.15) is 0 Å². The van der Waals surface area contributed by atoms with E-state index in [0.717, 1.165) is 22.4 Å². The summed E-state index contributed by atoms with van der Waals surface area (Å²) in [6.45, 7) is 1.84. The van der Waals surface area contributed by atoms with Crippen LogP contribution >= 0.6 is 35.4 Å². The quantitative estimate of drug-likeness (QED) is 0.528. The lowest BCUT2D eigenvalue weighted by atomic mass is 9.95. The van der Waals surface area contributed by atoms with Gasteiger partial charge in [0.25, 0.3) is 5.56 Å². The Bertz CT molecular complexity index is 1000. The van der Waals surface area contributed by atoms with E-state index < -0.39 is 0 Å². The molecule has 0 amide bonds. The summed E-state index contributed by atoms with van der Waals surface area (Å²) in [4.78, 5) is 12.9. The van der Waals surface area contributed by atoms with E-state index in [9.17, 15) is 4.79 Å². The fourth-order valence-corrected chi connectivity index (χ4v) is 3.40. The Hall–Kier alpha value is -1.88. The largest absolute Gasteiger partial charge is 0.300 e. The predicted molar refractivity (Wildman–Crippen MR) is 103 cm³/mol. The molecule has 0 aliphatic carbocycles. The Morgan fingerprint density at radius 2 is 1.83 bits per heavy atom. The van der Waals surface area contributed by atoms with Gasteiger partial charge < -0.3 is 0 Å². The zero-order chi connectivity index (χ0) is 17.4. The third-order valence-electron chi connectivity index (χ3n) is 3.86. The molecule has 1 aromatic heterocycles. The molecule has 0 radical (unpaired) electrons. The molecule has 0 atom stereocenters. The third-order valence-corrected chi connectivity index (χ3v) is 5.02. The summed E-state index contributed by atoms with van der Waals surface area (Å²) in [5, 5.41) is 3.95. The van der Waals surface area contributed by atoms with Gasteiger partial charge in [0.15, 0.2) is 0 Å². The molecule has 0 saturated carbocycles. The molecule has 0 saturated heterocycles. The number of aromatic amines is 1. The average molecular weight is 377 g/mol. The van der Waals surface area contributed by atoms with Crippen LogP contribution in [-0.2, 0) is 7.05 Å². The lowest BCUT2D eigenvalue weighted by Gasteiger charge is -2.11. The summed E-state index contributed by atoms with van der Waals surface area (Å²) >= 11 is 17.8. The number of benzene rings is 2. The summed E-state index contributed by atoms with van der Waals surface area (Å²) < 4.78 is 1.43. The topological polar surface area (TPSA) is 37.8 Å². The van der Waals surface area contributed by atoms with Crippen LogP contribution in [0, 0.1) is 6.92 Å². The van der Waals surface area contributed by atoms with Gasteiger partial charge in [-0.2, -0.15) is 0 Å². The van der Waals surface area contributed by atoms with Gasteiger partial charge in [-0.25, -0.2) is 0 Å². The molecule has 1 heterocycles. The molecule has 122 valence electrons. The van der Waals surface area contributed by atoms with Crippen molar-refractivity contribution in [3.8, 4) is 11.1 Å². The monoisotopic (exact) mass is 376 g/mol. The first kappa shape index (κ1) is 17.0. The van der Waals surface area contributed by atoms with Crippen LogP contribution in [0.5, 0.6) is 0 Å². The van der Waals surface area contributed by atoms with Crippen molar-refractivity contribution < 1.29 is 0 Å². The molecule has 0 unspecified atom stereocenters. The van der Waals surface area contributed by atoms with Crippen molar-refractivity contribution in [2.45, 2.75) is 6.92 Å². The van der Waals surface area contributed by atoms with Gasteiger partial charge in [0.05, 0.1) is 20.5 Å². The SMILES string of the molecule is Cc1[nH]n(C)c(=O)c1C(=S)c1ccccc1-c1ccc(Cl)c(Cl)c1. The van der Waals surface area contributed by atoms with Crippen LogP contribution in [-0.4, -0.2) is 14.6 Å². The van der Waals surface area contributed by atoms with E-state index in [2.05, 4.69) is 5.10 Å². The number of halogens is 2. The van der Waals surface area contributed by atoms with Crippen molar-refractivity contribution >= 4 is 40.3 Å². The van der Waals surface area contributed by atoms with E-state index >= 15 is 0 Å². The minimum absolute atomic E-state index is 0.138. The number of nitrogens with one attached hydrogen (secondary N) is 1. The molecular formula is C18H14Cl2N2OS. The van der Waals surface area contributed by atoms with Crippen molar-refractivity contribution in [1.82, 2.24) is 9.78 Å². The maximum Gasteiger partial charge on any atom is 0.275 e. The highest BCUT2D eigenvalue weighted by Crippen LogP contribution is 2.31. The molecule has 1 N–H and O–H groups in total. The summed E-state index contributed by atoms with van der Waals surface area (Å²) in [5.41, 5.74) is 3.74. The summed E-state index contributed by atoms with van der Waals surface area (Å²) in [6.07, 6.45) is 0. The van der Waals surface area contributed by atoms with Gasteiger partial charge in [-0.05, 0) is 30.2 Å². The molecule has 3 rings (SSSR count). The standard InChI is InChI=1S/C18H14Cl2N2OS/c1-10-16(18(23)22(2)21-10)17(24)13-6-4-3-5-12(13)11-7-8-14(19)15(20)9-11/h3-9,21H,1-2H3. The molecule has 6 heteroatoms. The molecular weight excluding hydrogens is 363 g/mol. The molecule has 24 heavy (non-hydrogen) atoms. The number of aromatic nitrogens is 2. The number of hydrogen-bond acceptors (Lipinski definition) is 2. The van der Waals surface area contributed by atoms with Gasteiger partial charge in [-0.1, -0.05) is 65.8 Å². The molecule has 0 fully saturated rings. The Morgan fingerprint density at radius 3 is 2.46 bits per heavy atom. The molecule has 3 nitrogen and oxygen atoms in total. The summed E-state index contributed by atoms with van der Waals surface area (Å²) in [7, 11) is 1.67. The smallest absolute Gasteiger partial charge is 0.275 e. The van der Waals surface area contributed by atoms with Crippen LogP contribution in [0.25, 0.3) is 11.1 Å². The Labute approximate surface area is 154 Å². The number of hydrogen-bond donors (Lipinski definition) is 1. The van der Waals surface area contributed by atoms with E-state index in [1.807, 2.05) is 37.3 Å². The van der Waals surface area contributed by atoms with E-state index in [1.165, 1.54) is 4.68 Å². The highest BCUT2D eigenvalue weighted by atomic mass is 35.5. The second-order valence-corrected chi connectivity index (χ2v) is 6.70. The van der Waals surface area contributed by atoms with Crippen LogP contribution in [0.4, 0.5) is 0 Å². The van der Waals surface area contributed by atoms with Crippen molar-refractivity contribution in [2.24, 2.45) is 7.05 Å². The third kappa shape index (κ3) is 2.93. The van der Waals surface area contributed by atoms with Gasteiger partial charge in [-0.3, -0.25) is 14.6 Å². The van der Waals surface area contributed by atoms with Crippen LogP contribution in [0.1, 0.15) is 16.8 Å². The maximum atomic E-state index is 12.4. The number of rotatable bonds is 3. The molecule has 0 spiro atoms. The minimum Gasteiger partial charge on any atom is -0.300 e. The lowest BCUT2D eigenvalue weighted by molar-refractivity contribution is 0.731. The second kappa shape index (κ2) is 6.55.